The average Bonchev–Trinajstić information content (AvgIpc) is 2.76. The maximum atomic E-state index is 12.6. The lowest BCUT2D eigenvalue weighted by molar-refractivity contribution is -0.118. The molecule has 8 nitrogen and oxygen atoms in total. The molecule has 1 aromatic carbocycles. The number of anilines is 1. The van der Waals surface area contributed by atoms with E-state index in [4.69, 9.17) is 26.4 Å². The Balaban J connectivity index is 2.10. The first-order valence-corrected chi connectivity index (χ1v) is 10.3. The number of thiocarbonyl (C=S) groups is 1. The van der Waals surface area contributed by atoms with Gasteiger partial charge in [0.15, 0.2) is 16.6 Å². The zero-order valence-corrected chi connectivity index (χ0v) is 20.0. The molecule has 1 heterocycles. The number of amides is 1. The van der Waals surface area contributed by atoms with Crippen molar-refractivity contribution >= 4 is 35.0 Å². The Hall–Kier alpha value is -3.33. The second kappa shape index (κ2) is 11.3. The lowest BCUT2D eigenvalue weighted by atomic mass is 9.92. The highest BCUT2D eigenvalue weighted by Crippen LogP contribution is 2.38. The van der Waals surface area contributed by atoms with Crippen LogP contribution in [0.2, 0.25) is 0 Å². The molecule has 0 saturated carbocycles. The van der Waals surface area contributed by atoms with E-state index in [-0.39, 0.29) is 11.3 Å². The van der Waals surface area contributed by atoms with Crippen molar-refractivity contribution in [2.24, 2.45) is 5.41 Å². The quantitative estimate of drug-likeness (QED) is 0.314. The monoisotopic (exact) mass is 458 g/mol. The highest BCUT2D eigenvalue weighted by atomic mass is 32.1. The molecule has 0 aliphatic heterocycles. The molecule has 1 atom stereocenters. The van der Waals surface area contributed by atoms with Crippen molar-refractivity contribution < 1.29 is 19.0 Å². The van der Waals surface area contributed by atoms with E-state index >= 15 is 0 Å². The van der Waals surface area contributed by atoms with Crippen LogP contribution in [0.1, 0.15) is 26.3 Å². The average molecular weight is 459 g/mol. The molecule has 2 aromatic rings. The number of carbonyl (C=O) groups excluding carboxylic acids is 1. The van der Waals surface area contributed by atoms with Gasteiger partial charge in [-0.3, -0.25) is 9.78 Å². The van der Waals surface area contributed by atoms with Crippen molar-refractivity contribution in [3.05, 3.63) is 48.3 Å². The number of hydrogen-bond acceptors (Lipinski definition) is 6. The number of nitrogens with one attached hydrogen (secondary N) is 3. The van der Waals surface area contributed by atoms with Gasteiger partial charge in [0.1, 0.15) is 6.17 Å². The summed E-state index contributed by atoms with van der Waals surface area (Å²) in [5, 5.41) is 9.55. The summed E-state index contributed by atoms with van der Waals surface area (Å²) in [7, 11) is 4.62. The molecule has 0 saturated heterocycles. The van der Waals surface area contributed by atoms with Crippen LogP contribution < -0.4 is 30.2 Å². The number of pyridine rings is 1. The molecule has 172 valence electrons. The second-order valence-electron chi connectivity index (χ2n) is 7.94. The minimum Gasteiger partial charge on any atom is -0.493 e. The first kappa shape index (κ1) is 24.9. The van der Waals surface area contributed by atoms with Crippen LogP contribution in [0.3, 0.4) is 0 Å². The minimum atomic E-state index is -0.420. The molecule has 0 fully saturated rings. The molecule has 2 rings (SSSR count). The van der Waals surface area contributed by atoms with E-state index in [1.54, 1.807) is 44.8 Å². The summed E-state index contributed by atoms with van der Waals surface area (Å²) >= 11 is 5.40. The standard InChI is InChI=1S/C23H30N4O4S/c1-23(2,3)21(27-22(32)25-16-8-7-11-24-14-16)26-19(28)10-9-15-12-17(29-4)20(31-6)18(13-15)30-5/h7-14,21H,1-6H3,(H,26,28)(H2,25,27,32)/b10-9+. The van der Waals surface area contributed by atoms with Crippen molar-refractivity contribution in [1.82, 2.24) is 15.6 Å². The van der Waals surface area contributed by atoms with Crippen LogP contribution in [0, 0.1) is 5.41 Å². The van der Waals surface area contributed by atoms with Crippen LogP contribution in [0.5, 0.6) is 17.2 Å². The third-order valence-electron chi connectivity index (χ3n) is 4.46. The van der Waals surface area contributed by atoms with Gasteiger partial charge in [-0.15, -0.1) is 0 Å². The van der Waals surface area contributed by atoms with Crippen LogP contribution in [-0.2, 0) is 4.79 Å². The molecule has 0 spiro atoms. The Morgan fingerprint density at radius 3 is 2.25 bits per heavy atom. The molecule has 9 heteroatoms. The van der Waals surface area contributed by atoms with Crippen LogP contribution in [0.25, 0.3) is 6.08 Å². The van der Waals surface area contributed by atoms with Crippen LogP contribution >= 0.6 is 12.2 Å². The Kier molecular flexibility index (Phi) is 8.83. The Morgan fingerprint density at radius 2 is 1.75 bits per heavy atom. The van der Waals surface area contributed by atoms with Crippen LogP contribution in [0.15, 0.2) is 42.7 Å². The van der Waals surface area contributed by atoms with Gasteiger partial charge in [0.2, 0.25) is 11.7 Å². The van der Waals surface area contributed by atoms with Gasteiger partial charge in [-0.2, -0.15) is 0 Å². The number of ether oxygens (including phenoxy) is 3. The molecule has 0 aliphatic rings. The molecule has 1 amide bonds. The summed E-state index contributed by atoms with van der Waals surface area (Å²) in [4.78, 5) is 16.7. The largest absolute Gasteiger partial charge is 0.493 e. The normalized spacial score (nSPS) is 12.1. The molecule has 3 N–H and O–H groups in total. The minimum absolute atomic E-state index is 0.282. The number of benzene rings is 1. The van der Waals surface area contributed by atoms with Gasteiger partial charge < -0.3 is 30.2 Å². The molecular weight excluding hydrogens is 428 g/mol. The number of aromatic nitrogens is 1. The summed E-state index contributed by atoms with van der Waals surface area (Å²) in [5.74, 6) is 1.22. The third-order valence-corrected chi connectivity index (χ3v) is 4.68. The Labute approximate surface area is 194 Å². The van der Waals surface area contributed by atoms with Gasteiger partial charge in [-0.1, -0.05) is 20.8 Å². The maximum absolute atomic E-state index is 12.6. The number of carbonyl (C=O) groups is 1. The zero-order chi connectivity index (χ0) is 23.7. The Morgan fingerprint density at radius 1 is 1.09 bits per heavy atom. The Bertz CT molecular complexity index is 933. The summed E-state index contributed by atoms with van der Waals surface area (Å²) < 4.78 is 16.0. The molecular formula is C23H30N4O4S. The van der Waals surface area contributed by atoms with E-state index in [9.17, 15) is 4.79 Å². The van der Waals surface area contributed by atoms with Gasteiger partial charge in [-0.05, 0) is 48.1 Å². The number of hydrogen-bond donors (Lipinski definition) is 3. The van der Waals surface area contributed by atoms with E-state index in [2.05, 4.69) is 20.9 Å². The third kappa shape index (κ3) is 7.12. The second-order valence-corrected chi connectivity index (χ2v) is 8.35. The van der Waals surface area contributed by atoms with Crippen molar-refractivity contribution in [1.29, 1.82) is 0 Å². The SMILES string of the molecule is COc1cc(/C=C/C(=O)NC(NC(=S)Nc2cccnc2)C(C)(C)C)cc(OC)c1OC. The highest BCUT2D eigenvalue weighted by Gasteiger charge is 2.26. The van der Waals surface area contributed by atoms with Crippen molar-refractivity contribution in [2.75, 3.05) is 26.6 Å². The van der Waals surface area contributed by atoms with Gasteiger partial charge in [-0.25, -0.2) is 0 Å². The predicted octanol–water partition coefficient (Wildman–Crippen LogP) is 3.60. The van der Waals surface area contributed by atoms with E-state index < -0.39 is 6.17 Å². The van der Waals surface area contributed by atoms with Crippen molar-refractivity contribution in [3.63, 3.8) is 0 Å². The smallest absolute Gasteiger partial charge is 0.245 e. The zero-order valence-electron chi connectivity index (χ0n) is 19.2. The highest BCUT2D eigenvalue weighted by molar-refractivity contribution is 7.80. The molecule has 1 aromatic heterocycles. The van der Waals surface area contributed by atoms with E-state index in [1.165, 1.54) is 13.2 Å². The summed E-state index contributed by atoms with van der Waals surface area (Å²) in [6.45, 7) is 6.00. The molecule has 0 bridgehead atoms. The van der Waals surface area contributed by atoms with Crippen molar-refractivity contribution in [2.45, 2.75) is 26.9 Å². The molecule has 32 heavy (non-hydrogen) atoms. The van der Waals surface area contributed by atoms with Crippen LogP contribution in [-0.4, -0.2) is 43.5 Å². The fourth-order valence-electron chi connectivity index (χ4n) is 2.76. The fraction of sp³-hybridized carbons (Fsp3) is 0.348. The first-order chi connectivity index (χ1) is 15.2. The lowest BCUT2D eigenvalue weighted by Crippen LogP contribution is -2.55. The molecule has 0 aliphatic carbocycles. The van der Waals surface area contributed by atoms with Gasteiger partial charge in [0, 0.05) is 17.7 Å². The number of nitrogens with zero attached hydrogens (tertiary/aromatic N) is 1. The van der Waals surface area contributed by atoms with Gasteiger partial charge in [0.05, 0.1) is 33.2 Å². The number of rotatable bonds is 8. The van der Waals surface area contributed by atoms with Crippen molar-refractivity contribution in [3.8, 4) is 17.2 Å². The lowest BCUT2D eigenvalue weighted by Gasteiger charge is -2.32. The predicted molar refractivity (Wildman–Crippen MR) is 130 cm³/mol. The summed E-state index contributed by atoms with van der Waals surface area (Å²) in [6, 6.07) is 7.18. The molecule has 0 radical (unpaired) electrons. The van der Waals surface area contributed by atoms with Gasteiger partial charge >= 0.3 is 0 Å². The fourth-order valence-corrected chi connectivity index (χ4v) is 3.00. The molecule has 1 unspecified atom stereocenters. The van der Waals surface area contributed by atoms with E-state index in [0.717, 1.165) is 11.3 Å². The van der Waals surface area contributed by atoms with E-state index in [1.807, 2.05) is 32.9 Å². The summed E-state index contributed by atoms with van der Waals surface area (Å²) in [6.07, 6.45) is 6.04. The number of methoxy groups -OCH3 is 3. The topological polar surface area (TPSA) is 93.7 Å². The maximum Gasteiger partial charge on any atom is 0.245 e. The first-order valence-electron chi connectivity index (χ1n) is 9.94. The summed E-state index contributed by atoms with van der Waals surface area (Å²) in [5.41, 5.74) is 1.17. The van der Waals surface area contributed by atoms with Gasteiger partial charge in [0.25, 0.3) is 0 Å². The van der Waals surface area contributed by atoms with Crippen LogP contribution in [0.4, 0.5) is 5.69 Å². The van der Waals surface area contributed by atoms with E-state index in [0.29, 0.717) is 22.4 Å².